The normalized spacial score (nSPS) is 19.6. The summed E-state index contributed by atoms with van der Waals surface area (Å²) in [6.07, 6.45) is 9.01. The number of hydrogen-bond acceptors (Lipinski definition) is 4. The summed E-state index contributed by atoms with van der Waals surface area (Å²) in [5, 5.41) is 6.12. The average molecular weight is 332 g/mol. The smallest absolute Gasteiger partial charge is 0.315 e. The van der Waals surface area contributed by atoms with E-state index in [1.54, 1.807) is 6.20 Å². The Morgan fingerprint density at radius 1 is 1.21 bits per heavy atom. The molecule has 2 fully saturated rings. The molecule has 0 unspecified atom stereocenters. The molecule has 2 aliphatic rings. The van der Waals surface area contributed by atoms with Crippen LogP contribution in [0.25, 0.3) is 0 Å². The lowest BCUT2D eigenvalue weighted by Gasteiger charge is -2.29. The Hall–Kier alpha value is -1.82. The lowest BCUT2D eigenvalue weighted by atomic mass is 10.1. The summed E-state index contributed by atoms with van der Waals surface area (Å²) in [5.41, 5.74) is 1.05. The van der Waals surface area contributed by atoms with Crippen molar-refractivity contribution in [2.45, 2.75) is 51.1 Å². The van der Waals surface area contributed by atoms with E-state index in [4.69, 9.17) is 4.74 Å². The van der Waals surface area contributed by atoms with Crippen LogP contribution < -0.4 is 15.5 Å². The van der Waals surface area contributed by atoms with Crippen LogP contribution >= 0.6 is 0 Å². The van der Waals surface area contributed by atoms with E-state index < -0.39 is 0 Å². The number of ether oxygens (including phenoxy) is 1. The first-order chi connectivity index (χ1) is 11.8. The van der Waals surface area contributed by atoms with Gasteiger partial charge in [-0.2, -0.15) is 0 Å². The predicted octanol–water partition coefficient (Wildman–Crippen LogP) is 2.44. The Morgan fingerprint density at radius 3 is 2.71 bits per heavy atom. The van der Waals surface area contributed by atoms with E-state index >= 15 is 0 Å². The summed E-state index contributed by atoms with van der Waals surface area (Å²) in [5.74, 6) is 0.954. The van der Waals surface area contributed by atoms with Gasteiger partial charge in [0.2, 0.25) is 0 Å². The van der Waals surface area contributed by atoms with Gasteiger partial charge in [0.1, 0.15) is 5.82 Å². The molecule has 1 aromatic rings. The molecule has 1 aromatic heterocycles. The Bertz CT molecular complexity index is 524. The highest BCUT2D eigenvalue weighted by atomic mass is 16.5. The van der Waals surface area contributed by atoms with Crippen molar-refractivity contribution in [3.05, 3.63) is 23.9 Å². The maximum absolute atomic E-state index is 12.2. The highest BCUT2D eigenvalue weighted by Gasteiger charge is 2.17. The van der Waals surface area contributed by atoms with E-state index in [0.29, 0.717) is 12.6 Å². The average Bonchev–Trinajstić information content (AvgIpc) is 2.90. The van der Waals surface area contributed by atoms with Crippen LogP contribution in [-0.4, -0.2) is 43.4 Å². The number of hydrogen-bond donors (Lipinski definition) is 2. The van der Waals surface area contributed by atoms with Crippen molar-refractivity contribution in [3.63, 3.8) is 0 Å². The molecule has 3 rings (SSSR count). The number of nitrogens with one attached hydrogen (secondary N) is 2. The third kappa shape index (κ3) is 4.84. The zero-order valence-corrected chi connectivity index (χ0v) is 14.3. The fourth-order valence-electron chi connectivity index (χ4n) is 3.46. The zero-order chi connectivity index (χ0) is 16.6. The fraction of sp³-hybridized carbons (Fsp3) is 0.667. The molecule has 132 valence electrons. The predicted molar refractivity (Wildman–Crippen MR) is 94.1 cm³/mol. The molecule has 0 spiro atoms. The van der Waals surface area contributed by atoms with Crippen LogP contribution in [0.4, 0.5) is 10.6 Å². The molecule has 2 heterocycles. The first kappa shape index (κ1) is 17.0. The van der Waals surface area contributed by atoms with Gasteiger partial charge in [0, 0.05) is 37.4 Å². The number of carbonyl (C=O) groups excluding carboxylic acids is 1. The number of rotatable bonds is 4. The van der Waals surface area contributed by atoms with Crippen LogP contribution in [-0.2, 0) is 11.3 Å². The number of morpholine rings is 1. The number of urea groups is 1. The number of aromatic nitrogens is 1. The van der Waals surface area contributed by atoms with Crippen molar-refractivity contribution < 1.29 is 9.53 Å². The third-order valence-corrected chi connectivity index (χ3v) is 4.81. The van der Waals surface area contributed by atoms with Crippen LogP contribution in [0.3, 0.4) is 0 Å². The van der Waals surface area contributed by atoms with Gasteiger partial charge >= 0.3 is 6.03 Å². The molecule has 0 aromatic carbocycles. The summed E-state index contributed by atoms with van der Waals surface area (Å²) in [4.78, 5) is 18.9. The minimum atomic E-state index is -0.0707. The number of carbonyl (C=O) groups is 1. The molecular weight excluding hydrogens is 304 g/mol. The van der Waals surface area contributed by atoms with Gasteiger partial charge in [-0.15, -0.1) is 0 Å². The second-order valence-corrected chi connectivity index (χ2v) is 6.60. The van der Waals surface area contributed by atoms with Gasteiger partial charge in [0.15, 0.2) is 0 Å². The maximum Gasteiger partial charge on any atom is 0.315 e. The van der Waals surface area contributed by atoms with Gasteiger partial charge < -0.3 is 20.3 Å². The van der Waals surface area contributed by atoms with Crippen LogP contribution in [0.5, 0.6) is 0 Å². The van der Waals surface area contributed by atoms with Crippen molar-refractivity contribution in [1.29, 1.82) is 0 Å². The topological polar surface area (TPSA) is 66.5 Å². The van der Waals surface area contributed by atoms with Gasteiger partial charge in [-0.25, -0.2) is 9.78 Å². The molecule has 1 saturated heterocycles. The maximum atomic E-state index is 12.2. The second kappa shape index (κ2) is 8.87. The first-order valence-electron chi connectivity index (χ1n) is 9.14. The first-order valence-corrected chi connectivity index (χ1v) is 9.14. The fourth-order valence-corrected chi connectivity index (χ4v) is 3.46. The lowest BCUT2D eigenvalue weighted by Crippen LogP contribution is -2.42. The quantitative estimate of drug-likeness (QED) is 0.831. The molecule has 1 aliphatic heterocycles. The molecule has 6 heteroatoms. The monoisotopic (exact) mass is 332 g/mol. The van der Waals surface area contributed by atoms with Gasteiger partial charge in [0.25, 0.3) is 0 Å². The van der Waals surface area contributed by atoms with E-state index in [2.05, 4.69) is 20.5 Å². The van der Waals surface area contributed by atoms with Gasteiger partial charge in [-0.05, 0) is 18.9 Å². The molecule has 6 nitrogen and oxygen atoms in total. The molecule has 2 N–H and O–H groups in total. The SMILES string of the molecule is O=C(NCc1cccnc1N1CCOCC1)NC1CCCCCC1. The van der Waals surface area contributed by atoms with Gasteiger partial charge in [-0.1, -0.05) is 31.7 Å². The van der Waals surface area contributed by atoms with E-state index in [-0.39, 0.29) is 6.03 Å². The lowest BCUT2D eigenvalue weighted by molar-refractivity contribution is 0.122. The highest BCUT2D eigenvalue weighted by molar-refractivity contribution is 5.74. The summed E-state index contributed by atoms with van der Waals surface area (Å²) in [6.45, 7) is 3.65. The molecule has 0 bridgehead atoms. The van der Waals surface area contributed by atoms with E-state index in [9.17, 15) is 4.79 Å². The molecule has 1 aliphatic carbocycles. The van der Waals surface area contributed by atoms with Crippen molar-refractivity contribution >= 4 is 11.8 Å². The van der Waals surface area contributed by atoms with E-state index in [1.165, 1.54) is 25.7 Å². The van der Waals surface area contributed by atoms with Crippen LogP contribution in [0.2, 0.25) is 0 Å². The van der Waals surface area contributed by atoms with Crippen molar-refractivity contribution in [2.75, 3.05) is 31.2 Å². The molecule has 0 radical (unpaired) electrons. The zero-order valence-electron chi connectivity index (χ0n) is 14.3. The Morgan fingerprint density at radius 2 is 1.96 bits per heavy atom. The van der Waals surface area contributed by atoms with Gasteiger partial charge in [0.05, 0.1) is 13.2 Å². The molecule has 24 heavy (non-hydrogen) atoms. The minimum absolute atomic E-state index is 0.0707. The summed E-state index contributed by atoms with van der Waals surface area (Å²) < 4.78 is 5.40. The summed E-state index contributed by atoms with van der Waals surface area (Å²) in [6, 6.07) is 4.20. The molecule has 0 atom stereocenters. The third-order valence-electron chi connectivity index (χ3n) is 4.81. The molecule has 2 amide bonds. The van der Waals surface area contributed by atoms with Crippen molar-refractivity contribution in [1.82, 2.24) is 15.6 Å². The highest BCUT2D eigenvalue weighted by Crippen LogP contribution is 2.19. The number of amides is 2. The van der Waals surface area contributed by atoms with Crippen LogP contribution in [0.15, 0.2) is 18.3 Å². The standard InChI is InChI=1S/C18H28N4O2/c23-18(21-16-7-3-1-2-4-8-16)20-14-15-6-5-9-19-17(15)22-10-12-24-13-11-22/h5-6,9,16H,1-4,7-8,10-14H2,(H2,20,21,23). The Labute approximate surface area is 144 Å². The van der Waals surface area contributed by atoms with Crippen LogP contribution in [0.1, 0.15) is 44.1 Å². The van der Waals surface area contributed by atoms with Crippen molar-refractivity contribution in [3.8, 4) is 0 Å². The van der Waals surface area contributed by atoms with E-state index in [1.807, 2.05) is 12.1 Å². The Kier molecular flexibility index (Phi) is 6.29. The minimum Gasteiger partial charge on any atom is -0.378 e. The summed E-state index contributed by atoms with van der Waals surface area (Å²) in [7, 11) is 0. The number of anilines is 1. The largest absolute Gasteiger partial charge is 0.378 e. The van der Waals surface area contributed by atoms with Gasteiger partial charge in [-0.3, -0.25) is 0 Å². The number of nitrogens with zero attached hydrogens (tertiary/aromatic N) is 2. The second-order valence-electron chi connectivity index (χ2n) is 6.60. The van der Waals surface area contributed by atoms with Crippen LogP contribution in [0, 0.1) is 0 Å². The van der Waals surface area contributed by atoms with E-state index in [0.717, 1.165) is 50.5 Å². The van der Waals surface area contributed by atoms with Crippen molar-refractivity contribution in [2.24, 2.45) is 0 Å². The Balaban J connectivity index is 1.53. The molecular formula is C18H28N4O2. The number of pyridine rings is 1. The summed E-state index contributed by atoms with van der Waals surface area (Å²) >= 11 is 0. The molecule has 1 saturated carbocycles.